The Balaban J connectivity index is 0.00000156. The van der Waals surface area contributed by atoms with Crippen LogP contribution in [0.15, 0.2) is 0 Å². The summed E-state index contributed by atoms with van der Waals surface area (Å²) < 4.78 is 0. The number of nitrogens with zero attached hydrogens (tertiary/aromatic N) is 1. The number of halogens is 1. The van der Waals surface area contributed by atoms with E-state index in [9.17, 15) is 10.2 Å². The lowest BCUT2D eigenvalue weighted by Crippen LogP contribution is -2.55. The molecule has 3 saturated carbocycles. The molecule has 2 N–H and O–H groups in total. The number of aliphatic hydroxyl groups is 2. The molecule has 0 spiro atoms. The summed E-state index contributed by atoms with van der Waals surface area (Å²) in [6, 6.07) is 0.691. The number of β-amino-alcohol motifs (C(OH)–C–C–N with tert-alkyl or cyclic N) is 1. The molecule has 0 bridgehead atoms. The summed E-state index contributed by atoms with van der Waals surface area (Å²) in [5, 5.41) is 19.9. The fourth-order valence-corrected chi connectivity index (χ4v) is 7.30. The molecular weight excluding hydrogens is 310 g/mol. The minimum Gasteiger partial charge on any atom is -0.395 e. The maximum atomic E-state index is 10.5. The van der Waals surface area contributed by atoms with Gasteiger partial charge in [-0.05, 0) is 80.1 Å². The molecule has 134 valence electrons. The Bertz CT molecular complexity index is 447. The topological polar surface area (TPSA) is 43.7 Å². The second kappa shape index (κ2) is 6.16. The summed E-state index contributed by atoms with van der Waals surface area (Å²) in [5.41, 5.74) is 0.653. The van der Waals surface area contributed by atoms with Crippen molar-refractivity contribution in [2.24, 2.45) is 28.6 Å². The van der Waals surface area contributed by atoms with Crippen molar-refractivity contribution >= 4 is 12.4 Å². The Morgan fingerprint density at radius 2 is 1.70 bits per heavy atom. The van der Waals surface area contributed by atoms with Crippen LogP contribution in [0.3, 0.4) is 0 Å². The smallest absolute Gasteiger partial charge is 0.0596 e. The molecule has 1 saturated heterocycles. The third kappa shape index (κ3) is 2.41. The summed E-state index contributed by atoms with van der Waals surface area (Å²) in [4.78, 5) is 2.56. The van der Waals surface area contributed by atoms with Gasteiger partial charge in [-0.1, -0.05) is 13.8 Å². The van der Waals surface area contributed by atoms with Gasteiger partial charge in [-0.2, -0.15) is 0 Å². The maximum Gasteiger partial charge on any atom is 0.0596 e. The van der Waals surface area contributed by atoms with Gasteiger partial charge in [0.15, 0.2) is 0 Å². The number of aliphatic hydroxyl groups excluding tert-OH is 2. The molecule has 3 aliphatic carbocycles. The van der Waals surface area contributed by atoms with E-state index in [1.165, 1.54) is 45.1 Å². The SMILES string of the molecule is CC12CCC3C(CCC4N(CCO)CCC34C)C1CCC2O.Cl. The lowest BCUT2D eigenvalue weighted by molar-refractivity contribution is -0.0980. The molecule has 7 atom stereocenters. The van der Waals surface area contributed by atoms with Crippen molar-refractivity contribution in [3.8, 4) is 0 Å². The van der Waals surface area contributed by atoms with Crippen molar-refractivity contribution in [3.63, 3.8) is 0 Å². The first-order valence-corrected chi connectivity index (χ1v) is 9.53. The highest BCUT2D eigenvalue weighted by atomic mass is 35.5. The van der Waals surface area contributed by atoms with Crippen LogP contribution in [0.4, 0.5) is 0 Å². The zero-order chi connectivity index (χ0) is 15.5. The van der Waals surface area contributed by atoms with Crippen LogP contribution in [0, 0.1) is 28.6 Å². The number of hydrogen-bond donors (Lipinski definition) is 2. The van der Waals surface area contributed by atoms with Crippen LogP contribution in [-0.4, -0.2) is 47.0 Å². The molecule has 7 unspecified atom stereocenters. The Kier molecular flexibility index (Phi) is 4.81. The predicted molar refractivity (Wildman–Crippen MR) is 94.7 cm³/mol. The number of likely N-dealkylation sites (tertiary alicyclic amines) is 1. The molecular formula is C19H34ClNO2. The van der Waals surface area contributed by atoms with Gasteiger partial charge in [-0.3, -0.25) is 4.90 Å². The summed E-state index contributed by atoms with van der Waals surface area (Å²) in [6.45, 7) is 7.24. The van der Waals surface area contributed by atoms with Gasteiger partial charge in [-0.15, -0.1) is 12.4 Å². The number of fused-ring (bicyclic) bond motifs is 5. The van der Waals surface area contributed by atoms with E-state index < -0.39 is 0 Å². The van der Waals surface area contributed by atoms with Gasteiger partial charge < -0.3 is 10.2 Å². The van der Waals surface area contributed by atoms with E-state index in [-0.39, 0.29) is 23.9 Å². The molecule has 0 amide bonds. The van der Waals surface area contributed by atoms with Gasteiger partial charge >= 0.3 is 0 Å². The number of hydrogen-bond acceptors (Lipinski definition) is 3. The van der Waals surface area contributed by atoms with E-state index in [4.69, 9.17) is 0 Å². The van der Waals surface area contributed by atoms with Gasteiger partial charge in [0.25, 0.3) is 0 Å². The lowest BCUT2D eigenvalue weighted by atomic mass is 9.49. The van der Waals surface area contributed by atoms with Crippen LogP contribution < -0.4 is 0 Å². The fraction of sp³-hybridized carbons (Fsp3) is 1.00. The van der Waals surface area contributed by atoms with E-state index in [0.717, 1.165) is 30.7 Å². The van der Waals surface area contributed by atoms with Crippen LogP contribution in [0.5, 0.6) is 0 Å². The molecule has 4 fully saturated rings. The first-order valence-electron chi connectivity index (χ1n) is 9.53. The van der Waals surface area contributed by atoms with E-state index in [1.807, 2.05) is 0 Å². The molecule has 1 heterocycles. The first-order chi connectivity index (χ1) is 10.5. The van der Waals surface area contributed by atoms with Gasteiger partial charge in [0, 0.05) is 12.6 Å². The van der Waals surface area contributed by atoms with Crippen molar-refractivity contribution in [1.29, 1.82) is 0 Å². The standard InChI is InChI=1S/C19H33NO2.ClH/c1-18-9-10-20(11-12-21)16(18)5-3-13-14-4-6-17(22)19(14,2)8-7-15(13)18;/h13-17,21-22H,3-12H2,1-2H3;1H. The monoisotopic (exact) mass is 343 g/mol. The minimum atomic E-state index is -0.0570. The van der Waals surface area contributed by atoms with Crippen LogP contribution in [-0.2, 0) is 0 Å². The largest absolute Gasteiger partial charge is 0.395 e. The van der Waals surface area contributed by atoms with Crippen molar-refractivity contribution in [2.75, 3.05) is 19.7 Å². The van der Waals surface area contributed by atoms with Crippen LogP contribution >= 0.6 is 12.4 Å². The van der Waals surface area contributed by atoms with Gasteiger partial charge in [0.05, 0.1) is 12.7 Å². The van der Waals surface area contributed by atoms with Crippen LogP contribution in [0.1, 0.15) is 58.8 Å². The Morgan fingerprint density at radius 3 is 2.43 bits per heavy atom. The highest BCUT2D eigenvalue weighted by molar-refractivity contribution is 5.85. The zero-order valence-electron chi connectivity index (χ0n) is 14.7. The molecule has 4 rings (SSSR count). The number of rotatable bonds is 2. The van der Waals surface area contributed by atoms with Gasteiger partial charge in [0.2, 0.25) is 0 Å². The third-order valence-electron chi connectivity index (χ3n) is 8.53. The first kappa shape index (κ1) is 18.0. The molecule has 23 heavy (non-hydrogen) atoms. The fourth-order valence-electron chi connectivity index (χ4n) is 7.30. The molecule has 0 aromatic carbocycles. The van der Waals surface area contributed by atoms with E-state index in [1.54, 1.807) is 0 Å². The zero-order valence-corrected chi connectivity index (χ0v) is 15.5. The Morgan fingerprint density at radius 1 is 0.957 bits per heavy atom. The molecule has 3 nitrogen and oxygen atoms in total. The predicted octanol–water partition coefficient (Wildman–Crippen LogP) is 3.08. The Labute approximate surface area is 147 Å². The second-order valence-corrected chi connectivity index (χ2v) is 9.12. The molecule has 0 aromatic heterocycles. The van der Waals surface area contributed by atoms with E-state index in [2.05, 4.69) is 18.7 Å². The average molecular weight is 344 g/mol. The maximum absolute atomic E-state index is 10.5. The summed E-state index contributed by atoms with van der Waals surface area (Å²) in [5.74, 6) is 2.44. The normalized spacial score (nSPS) is 52.4. The van der Waals surface area contributed by atoms with Gasteiger partial charge in [0.1, 0.15) is 0 Å². The second-order valence-electron chi connectivity index (χ2n) is 9.12. The molecule has 0 aromatic rings. The molecule has 4 aliphatic rings. The minimum absolute atomic E-state index is 0. The van der Waals surface area contributed by atoms with Crippen LogP contribution in [0.2, 0.25) is 0 Å². The highest BCUT2D eigenvalue weighted by Gasteiger charge is 2.61. The molecule has 4 heteroatoms. The highest BCUT2D eigenvalue weighted by Crippen LogP contribution is 2.64. The van der Waals surface area contributed by atoms with E-state index >= 15 is 0 Å². The van der Waals surface area contributed by atoms with Gasteiger partial charge in [-0.25, -0.2) is 0 Å². The summed E-state index contributed by atoms with van der Waals surface area (Å²) >= 11 is 0. The summed E-state index contributed by atoms with van der Waals surface area (Å²) in [7, 11) is 0. The molecule has 0 radical (unpaired) electrons. The quantitative estimate of drug-likeness (QED) is 0.809. The average Bonchev–Trinajstić information content (AvgIpc) is 2.98. The van der Waals surface area contributed by atoms with Crippen molar-refractivity contribution in [3.05, 3.63) is 0 Å². The van der Waals surface area contributed by atoms with Crippen molar-refractivity contribution in [1.82, 2.24) is 4.90 Å². The lowest BCUT2D eigenvalue weighted by Gasteiger charge is -2.57. The molecule has 1 aliphatic heterocycles. The van der Waals surface area contributed by atoms with Crippen LogP contribution in [0.25, 0.3) is 0 Å². The third-order valence-corrected chi connectivity index (χ3v) is 8.53. The van der Waals surface area contributed by atoms with Crippen molar-refractivity contribution < 1.29 is 10.2 Å². The van der Waals surface area contributed by atoms with Crippen molar-refractivity contribution in [2.45, 2.75) is 70.9 Å². The van der Waals surface area contributed by atoms with E-state index in [0.29, 0.717) is 18.1 Å². The summed E-state index contributed by atoms with van der Waals surface area (Å²) in [6.07, 6.45) is 8.72. The Hall–Kier alpha value is 0.170.